The highest BCUT2D eigenvalue weighted by Gasteiger charge is 2.12. The molecule has 3 aromatic carbocycles. The van der Waals surface area contributed by atoms with Crippen molar-refractivity contribution in [2.24, 2.45) is 0 Å². The van der Waals surface area contributed by atoms with E-state index in [2.05, 4.69) is 73.7 Å². The van der Waals surface area contributed by atoms with Gasteiger partial charge < -0.3 is 0 Å². The maximum Gasteiger partial charge on any atom is 0.0934 e. The monoisotopic (exact) mass is 324 g/mol. The molecule has 0 saturated heterocycles. The fraction of sp³-hybridized carbons (Fsp3) is 0.0870. The van der Waals surface area contributed by atoms with Gasteiger partial charge in [0.2, 0.25) is 0 Å². The van der Waals surface area contributed by atoms with Crippen LogP contribution in [-0.4, -0.2) is 9.78 Å². The van der Waals surface area contributed by atoms with Gasteiger partial charge in [-0.05, 0) is 30.2 Å². The predicted molar refractivity (Wildman–Crippen MR) is 104 cm³/mol. The van der Waals surface area contributed by atoms with E-state index in [1.807, 2.05) is 28.9 Å². The zero-order valence-corrected chi connectivity index (χ0v) is 14.3. The van der Waals surface area contributed by atoms with Gasteiger partial charge >= 0.3 is 0 Å². The van der Waals surface area contributed by atoms with Crippen LogP contribution in [0.25, 0.3) is 28.2 Å². The molecule has 1 aromatic heterocycles. The second-order valence-corrected chi connectivity index (χ2v) is 6.08. The van der Waals surface area contributed by atoms with Crippen molar-refractivity contribution in [3.63, 3.8) is 0 Å². The standard InChI is InChI=1S/C23H20N2/c1-2-18-13-15-21(16-14-18)25-23(20-11-7-4-8-12-20)17-22(24-25)19-9-5-3-6-10-19/h3-17H,2H2,1H3. The van der Waals surface area contributed by atoms with Crippen LogP contribution in [0.5, 0.6) is 0 Å². The normalized spacial score (nSPS) is 10.8. The SMILES string of the molecule is CCc1ccc(-n2nc(-c3ccccc3)cc2-c2ccccc2)cc1. The quantitative estimate of drug-likeness (QED) is 0.466. The molecule has 0 N–H and O–H groups in total. The Morgan fingerprint density at radius 1 is 0.720 bits per heavy atom. The Kier molecular flexibility index (Phi) is 4.17. The van der Waals surface area contributed by atoms with Crippen LogP contribution in [0.15, 0.2) is 91.0 Å². The third kappa shape index (κ3) is 3.11. The molecule has 0 fully saturated rings. The molecule has 0 aliphatic carbocycles. The van der Waals surface area contributed by atoms with E-state index in [4.69, 9.17) is 5.10 Å². The summed E-state index contributed by atoms with van der Waals surface area (Å²) in [4.78, 5) is 0. The molecule has 2 heteroatoms. The molecule has 0 aliphatic rings. The summed E-state index contributed by atoms with van der Waals surface area (Å²) >= 11 is 0. The minimum Gasteiger partial charge on any atom is -0.232 e. The van der Waals surface area contributed by atoms with Crippen molar-refractivity contribution in [3.8, 4) is 28.2 Å². The maximum atomic E-state index is 4.90. The molecule has 0 radical (unpaired) electrons. The van der Waals surface area contributed by atoms with Crippen LogP contribution in [0.1, 0.15) is 12.5 Å². The molecule has 2 nitrogen and oxygen atoms in total. The molecule has 0 bridgehead atoms. The number of aryl methyl sites for hydroxylation is 1. The lowest BCUT2D eigenvalue weighted by Gasteiger charge is -2.08. The van der Waals surface area contributed by atoms with E-state index in [0.29, 0.717) is 0 Å². The van der Waals surface area contributed by atoms with Gasteiger partial charge in [-0.25, -0.2) is 4.68 Å². The van der Waals surface area contributed by atoms with Crippen LogP contribution < -0.4 is 0 Å². The van der Waals surface area contributed by atoms with Gasteiger partial charge in [-0.1, -0.05) is 79.7 Å². The summed E-state index contributed by atoms with van der Waals surface area (Å²) in [5.41, 5.74) is 6.79. The average Bonchev–Trinajstić information content (AvgIpc) is 3.15. The number of hydrogen-bond acceptors (Lipinski definition) is 1. The third-order valence-corrected chi connectivity index (χ3v) is 4.44. The molecule has 0 aliphatic heterocycles. The van der Waals surface area contributed by atoms with E-state index >= 15 is 0 Å². The summed E-state index contributed by atoms with van der Waals surface area (Å²) in [6.07, 6.45) is 1.04. The van der Waals surface area contributed by atoms with Crippen molar-refractivity contribution in [1.29, 1.82) is 0 Å². The molecule has 0 spiro atoms. The van der Waals surface area contributed by atoms with Crippen LogP contribution >= 0.6 is 0 Å². The summed E-state index contributed by atoms with van der Waals surface area (Å²) in [5.74, 6) is 0. The first-order valence-electron chi connectivity index (χ1n) is 8.65. The van der Waals surface area contributed by atoms with Crippen molar-refractivity contribution in [1.82, 2.24) is 9.78 Å². The topological polar surface area (TPSA) is 17.8 Å². The highest BCUT2D eigenvalue weighted by atomic mass is 15.3. The molecular formula is C23H20N2. The first kappa shape index (κ1) is 15.4. The number of nitrogens with zero attached hydrogens (tertiary/aromatic N) is 2. The Bertz CT molecular complexity index is 952. The van der Waals surface area contributed by atoms with Gasteiger partial charge in [-0.3, -0.25) is 0 Å². The fourth-order valence-corrected chi connectivity index (χ4v) is 3.02. The predicted octanol–water partition coefficient (Wildman–Crippen LogP) is 5.77. The average molecular weight is 324 g/mol. The van der Waals surface area contributed by atoms with Crippen molar-refractivity contribution in [2.45, 2.75) is 13.3 Å². The first-order valence-corrected chi connectivity index (χ1v) is 8.65. The third-order valence-electron chi connectivity index (χ3n) is 4.44. The molecule has 4 rings (SSSR count). The van der Waals surface area contributed by atoms with Crippen LogP contribution in [0, 0.1) is 0 Å². The summed E-state index contributed by atoms with van der Waals surface area (Å²) < 4.78 is 2.04. The zero-order valence-electron chi connectivity index (χ0n) is 14.3. The minimum atomic E-state index is 0.985. The van der Waals surface area contributed by atoms with E-state index in [1.54, 1.807) is 0 Å². The molecule has 25 heavy (non-hydrogen) atoms. The minimum absolute atomic E-state index is 0.985. The van der Waals surface area contributed by atoms with Crippen molar-refractivity contribution in [2.75, 3.05) is 0 Å². The molecule has 1 heterocycles. The fourth-order valence-electron chi connectivity index (χ4n) is 3.02. The second kappa shape index (κ2) is 6.78. The van der Waals surface area contributed by atoms with Crippen LogP contribution in [-0.2, 0) is 6.42 Å². The van der Waals surface area contributed by atoms with Gasteiger partial charge in [0.25, 0.3) is 0 Å². The number of hydrogen-bond donors (Lipinski definition) is 0. The molecule has 122 valence electrons. The van der Waals surface area contributed by atoms with E-state index in [-0.39, 0.29) is 0 Å². The first-order chi connectivity index (χ1) is 12.3. The molecule has 0 atom stereocenters. The van der Waals surface area contributed by atoms with E-state index < -0.39 is 0 Å². The van der Waals surface area contributed by atoms with Gasteiger partial charge in [0, 0.05) is 11.1 Å². The second-order valence-electron chi connectivity index (χ2n) is 6.08. The maximum absolute atomic E-state index is 4.90. The smallest absolute Gasteiger partial charge is 0.0934 e. The van der Waals surface area contributed by atoms with E-state index in [9.17, 15) is 0 Å². The Balaban J connectivity index is 1.87. The van der Waals surface area contributed by atoms with E-state index in [0.717, 1.165) is 34.6 Å². The Morgan fingerprint density at radius 2 is 1.32 bits per heavy atom. The zero-order chi connectivity index (χ0) is 17.1. The summed E-state index contributed by atoms with van der Waals surface area (Å²) in [6.45, 7) is 2.17. The Labute approximate surface area is 148 Å². The number of aromatic nitrogens is 2. The van der Waals surface area contributed by atoms with Crippen molar-refractivity contribution < 1.29 is 0 Å². The number of rotatable bonds is 4. The largest absolute Gasteiger partial charge is 0.232 e. The summed E-state index contributed by atoms with van der Waals surface area (Å²) in [5, 5.41) is 4.90. The van der Waals surface area contributed by atoms with Crippen molar-refractivity contribution in [3.05, 3.63) is 96.6 Å². The van der Waals surface area contributed by atoms with Gasteiger partial charge in [-0.2, -0.15) is 5.10 Å². The lowest BCUT2D eigenvalue weighted by Crippen LogP contribution is -1.99. The molecule has 0 amide bonds. The van der Waals surface area contributed by atoms with Crippen LogP contribution in [0.4, 0.5) is 0 Å². The van der Waals surface area contributed by atoms with Crippen molar-refractivity contribution >= 4 is 0 Å². The highest BCUT2D eigenvalue weighted by Crippen LogP contribution is 2.28. The molecule has 0 unspecified atom stereocenters. The Morgan fingerprint density at radius 3 is 1.92 bits per heavy atom. The molecular weight excluding hydrogens is 304 g/mol. The van der Waals surface area contributed by atoms with Gasteiger partial charge in [0.05, 0.1) is 17.1 Å². The lowest BCUT2D eigenvalue weighted by atomic mass is 10.1. The van der Waals surface area contributed by atoms with Gasteiger partial charge in [0.15, 0.2) is 0 Å². The van der Waals surface area contributed by atoms with Crippen LogP contribution in [0.2, 0.25) is 0 Å². The Hall–Kier alpha value is -3.13. The summed E-state index contributed by atoms with van der Waals surface area (Å²) in [6, 6.07) is 31.6. The summed E-state index contributed by atoms with van der Waals surface area (Å²) in [7, 11) is 0. The molecule has 0 saturated carbocycles. The van der Waals surface area contributed by atoms with Gasteiger partial charge in [-0.15, -0.1) is 0 Å². The lowest BCUT2D eigenvalue weighted by molar-refractivity contribution is 0.890. The highest BCUT2D eigenvalue weighted by molar-refractivity contribution is 5.70. The van der Waals surface area contributed by atoms with Crippen LogP contribution in [0.3, 0.4) is 0 Å². The van der Waals surface area contributed by atoms with E-state index in [1.165, 1.54) is 5.56 Å². The number of benzene rings is 3. The molecule has 4 aromatic rings. The van der Waals surface area contributed by atoms with Gasteiger partial charge in [0.1, 0.15) is 0 Å².